The summed E-state index contributed by atoms with van der Waals surface area (Å²) in [6, 6.07) is 14.3. The zero-order valence-electron chi connectivity index (χ0n) is 16.1. The molecule has 28 heavy (non-hydrogen) atoms. The first-order chi connectivity index (χ1) is 13.5. The van der Waals surface area contributed by atoms with Crippen molar-refractivity contribution >= 4 is 17.7 Å². The average Bonchev–Trinajstić information content (AvgIpc) is 2.74. The van der Waals surface area contributed by atoms with Gasteiger partial charge in [-0.25, -0.2) is 4.98 Å². The second-order valence-electron chi connectivity index (χ2n) is 6.81. The summed E-state index contributed by atoms with van der Waals surface area (Å²) in [6.45, 7) is 5.36. The molecule has 1 aromatic heterocycles. The lowest BCUT2D eigenvalue weighted by atomic mass is 10.1. The molecule has 1 N–H and O–H groups in total. The van der Waals surface area contributed by atoms with E-state index in [-0.39, 0.29) is 35.2 Å². The molecular formula is C21H24N4O3. The molecule has 1 saturated heterocycles. The Morgan fingerprint density at radius 2 is 1.50 bits per heavy atom. The summed E-state index contributed by atoms with van der Waals surface area (Å²) < 4.78 is 0. The van der Waals surface area contributed by atoms with Crippen molar-refractivity contribution in [2.45, 2.75) is 19.9 Å². The molecule has 1 aliphatic rings. The van der Waals surface area contributed by atoms with Crippen LogP contribution in [0.3, 0.4) is 0 Å². The third kappa shape index (κ3) is 4.54. The van der Waals surface area contributed by atoms with Gasteiger partial charge in [0.25, 0.3) is 11.8 Å². The van der Waals surface area contributed by atoms with E-state index < -0.39 is 0 Å². The van der Waals surface area contributed by atoms with Gasteiger partial charge in [0, 0.05) is 33.1 Å². The molecule has 2 aromatic rings. The first kappa shape index (κ1) is 19.5. The summed E-state index contributed by atoms with van der Waals surface area (Å²) in [6.07, 6.45) is 0. The molecule has 1 atom stereocenters. The van der Waals surface area contributed by atoms with Gasteiger partial charge in [-0.15, -0.1) is 0 Å². The Labute approximate surface area is 164 Å². The van der Waals surface area contributed by atoms with E-state index in [1.165, 1.54) is 6.92 Å². The Balaban J connectivity index is 1.65. The number of rotatable bonds is 4. The van der Waals surface area contributed by atoms with Crippen LogP contribution in [0, 0.1) is 0 Å². The molecule has 0 saturated carbocycles. The van der Waals surface area contributed by atoms with Gasteiger partial charge in [0.1, 0.15) is 11.4 Å². The lowest BCUT2D eigenvalue weighted by molar-refractivity contribution is -0.130. The van der Waals surface area contributed by atoms with Gasteiger partial charge in [0.05, 0.1) is 6.04 Å². The predicted molar refractivity (Wildman–Crippen MR) is 105 cm³/mol. The largest absolute Gasteiger partial charge is 0.344 e. The number of hydrogen-bond acceptors (Lipinski definition) is 4. The van der Waals surface area contributed by atoms with Crippen molar-refractivity contribution in [2.24, 2.45) is 0 Å². The number of hydrogen-bond donors (Lipinski definition) is 1. The summed E-state index contributed by atoms with van der Waals surface area (Å²) in [5.74, 6) is -0.544. The molecule has 1 unspecified atom stereocenters. The molecule has 1 fully saturated rings. The fourth-order valence-electron chi connectivity index (χ4n) is 3.16. The van der Waals surface area contributed by atoms with Crippen molar-refractivity contribution in [1.29, 1.82) is 0 Å². The minimum Gasteiger partial charge on any atom is -0.344 e. The Bertz CT molecular complexity index is 861. The normalized spacial score (nSPS) is 15.1. The maximum absolute atomic E-state index is 12.7. The van der Waals surface area contributed by atoms with Gasteiger partial charge in [-0.05, 0) is 24.6 Å². The number of pyridine rings is 1. The number of nitrogens with zero attached hydrogens (tertiary/aromatic N) is 3. The maximum Gasteiger partial charge on any atom is 0.272 e. The summed E-state index contributed by atoms with van der Waals surface area (Å²) in [5, 5.41) is 2.91. The summed E-state index contributed by atoms with van der Waals surface area (Å²) >= 11 is 0. The van der Waals surface area contributed by atoms with Crippen LogP contribution in [0.1, 0.15) is 46.4 Å². The smallest absolute Gasteiger partial charge is 0.272 e. The van der Waals surface area contributed by atoms with E-state index in [0.29, 0.717) is 26.2 Å². The van der Waals surface area contributed by atoms with Crippen LogP contribution in [-0.2, 0) is 4.79 Å². The second-order valence-corrected chi connectivity index (χ2v) is 6.81. The molecule has 0 radical (unpaired) electrons. The third-order valence-electron chi connectivity index (χ3n) is 4.86. The second kappa shape index (κ2) is 8.65. The monoisotopic (exact) mass is 380 g/mol. The first-order valence-electron chi connectivity index (χ1n) is 9.33. The Hall–Kier alpha value is -3.22. The van der Waals surface area contributed by atoms with Crippen LogP contribution in [0.5, 0.6) is 0 Å². The zero-order chi connectivity index (χ0) is 20.1. The number of amides is 3. The number of carbonyl (C=O) groups is 3. The Kier molecular flexibility index (Phi) is 6.03. The van der Waals surface area contributed by atoms with E-state index in [1.54, 1.807) is 28.0 Å². The SMILES string of the molecule is CC(=O)N1CCN(C(=O)c2cccc(C(=O)NC(C)c3ccccc3)n2)CC1. The molecule has 3 amide bonds. The van der Waals surface area contributed by atoms with E-state index >= 15 is 0 Å². The van der Waals surface area contributed by atoms with Gasteiger partial charge < -0.3 is 15.1 Å². The van der Waals surface area contributed by atoms with E-state index in [9.17, 15) is 14.4 Å². The van der Waals surface area contributed by atoms with Crippen LogP contribution >= 0.6 is 0 Å². The van der Waals surface area contributed by atoms with Crippen LogP contribution in [-0.4, -0.2) is 58.7 Å². The molecule has 1 aromatic carbocycles. The summed E-state index contributed by atoms with van der Waals surface area (Å²) in [7, 11) is 0. The number of aromatic nitrogens is 1. The number of benzene rings is 1. The van der Waals surface area contributed by atoms with Gasteiger partial charge in [0.15, 0.2) is 0 Å². The molecule has 1 aliphatic heterocycles. The van der Waals surface area contributed by atoms with E-state index in [0.717, 1.165) is 5.56 Å². The van der Waals surface area contributed by atoms with E-state index in [4.69, 9.17) is 0 Å². The van der Waals surface area contributed by atoms with Crippen molar-refractivity contribution < 1.29 is 14.4 Å². The predicted octanol–water partition coefficient (Wildman–Crippen LogP) is 1.88. The van der Waals surface area contributed by atoms with Crippen molar-refractivity contribution in [3.8, 4) is 0 Å². The highest BCUT2D eigenvalue weighted by Gasteiger charge is 2.24. The van der Waals surface area contributed by atoms with Gasteiger partial charge in [-0.2, -0.15) is 0 Å². The van der Waals surface area contributed by atoms with Crippen molar-refractivity contribution in [3.63, 3.8) is 0 Å². The van der Waals surface area contributed by atoms with Crippen LogP contribution in [0.25, 0.3) is 0 Å². The topological polar surface area (TPSA) is 82.6 Å². The highest BCUT2D eigenvalue weighted by atomic mass is 16.2. The Morgan fingerprint density at radius 1 is 0.893 bits per heavy atom. The minimum atomic E-state index is -0.326. The highest BCUT2D eigenvalue weighted by molar-refractivity contribution is 5.96. The number of nitrogens with one attached hydrogen (secondary N) is 1. The molecule has 0 aliphatic carbocycles. The fraction of sp³-hybridized carbons (Fsp3) is 0.333. The van der Waals surface area contributed by atoms with Crippen LogP contribution in [0.4, 0.5) is 0 Å². The van der Waals surface area contributed by atoms with Crippen molar-refractivity contribution in [1.82, 2.24) is 20.1 Å². The molecule has 3 rings (SSSR count). The number of piperazine rings is 1. The average molecular weight is 380 g/mol. The standard InChI is InChI=1S/C21H24N4O3/c1-15(17-7-4-3-5-8-17)22-20(27)18-9-6-10-19(23-18)21(28)25-13-11-24(12-14-25)16(2)26/h3-10,15H,11-14H2,1-2H3,(H,22,27). The minimum absolute atomic E-state index is 0.0106. The van der Waals surface area contributed by atoms with Crippen LogP contribution < -0.4 is 5.32 Å². The lowest BCUT2D eigenvalue weighted by Crippen LogP contribution is -2.50. The third-order valence-corrected chi connectivity index (χ3v) is 4.86. The van der Waals surface area contributed by atoms with E-state index in [1.807, 2.05) is 37.3 Å². The Morgan fingerprint density at radius 3 is 2.14 bits per heavy atom. The van der Waals surface area contributed by atoms with Crippen molar-refractivity contribution in [2.75, 3.05) is 26.2 Å². The van der Waals surface area contributed by atoms with E-state index in [2.05, 4.69) is 10.3 Å². The van der Waals surface area contributed by atoms with Gasteiger partial charge in [0.2, 0.25) is 5.91 Å². The quantitative estimate of drug-likeness (QED) is 0.878. The molecule has 7 heteroatoms. The highest BCUT2D eigenvalue weighted by Crippen LogP contribution is 2.13. The zero-order valence-corrected chi connectivity index (χ0v) is 16.1. The van der Waals surface area contributed by atoms with Gasteiger partial charge in [-0.3, -0.25) is 14.4 Å². The molecule has 0 bridgehead atoms. The molecule has 2 heterocycles. The van der Waals surface area contributed by atoms with Crippen molar-refractivity contribution in [3.05, 3.63) is 65.5 Å². The summed E-state index contributed by atoms with van der Waals surface area (Å²) in [5.41, 5.74) is 1.43. The fourth-order valence-corrected chi connectivity index (χ4v) is 3.16. The first-order valence-corrected chi connectivity index (χ1v) is 9.33. The summed E-state index contributed by atoms with van der Waals surface area (Å²) in [4.78, 5) is 44.3. The molecule has 7 nitrogen and oxygen atoms in total. The lowest BCUT2D eigenvalue weighted by Gasteiger charge is -2.34. The van der Waals surface area contributed by atoms with Gasteiger partial charge in [-0.1, -0.05) is 36.4 Å². The van der Waals surface area contributed by atoms with Crippen LogP contribution in [0.15, 0.2) is 48.5 Å². The molecule has 146 valence electrons. The maximum atomic E-state index is 12.7. The molecule has 0 spiro atoms. The molecular weight excluding hydrogens is 356 g/mol. The van der Waals surface area contributed by atoms with Crippen LogP contribution in [0.2, 0.25) is 0 Å². The van der Waals surface area contributed by atoms with Gasteiger partial charge >= 0.3 is 0 Å². The number of carbonyl (C=O) groups excluding carboxylic acids is 3.